The summed E-state index contributed by atoms with van der Waals surface area (Å²) in [6.07, 6.45) is 0.228. The van der Waals surface area contributed by atoms with Crippen LogP contribution in [0, 0.1) is 0 Å². The molecule has 2 aromatic carbocycles. The van der Waals surface area contributed by atoms with Gasteiger partial charge in [0, 0.05) is 19.2 Å². The lowest BCUT2D eigenvalue weighted by atomic mass is 10.3. The van der Waals surface area contributed by atoms with Gasteiger partial charge in [0.15, 0.2) is 16.3 Å². The lowest BCUT2D eigenvalue weighted by Gasteiger charge is -2.18. The zero-order chi connectivity index (χ0) is 17.9. The van der Waals surface area contributed by atoms with E-state index in [9.17, 15) is 4.79 Å². The highest BCUT2D eigenvalue weighted by atomic mass is 32.1. The molecule has 0 fully saturated rings. The van der Waals surface area contributed by atoms with Crippen molar-refractivity contribution in [2.24, 2.45) is 12.0 Å². The van der Waals surface area contributed by atoms with Gasteiger partial charge in [-0.1, -0.05) is 29.5 Å². The minimum atomic E-state index is -0.208. The molecule has 0 aliphatic carbocycles. The minimum absolute atomic E-state index is 0.208. The van der Waals surface area contributed by atoms with Crippen molar-refractivity contribution in [2.45, 2.75) is 6.42 Å². The van der Waals surface area contributed by atoms with Crippen molar-refractivity contribution in [3.63, 3.8) is 0 Å². The van der Waals surface area contributed by atoms with Crippen LogP contribution in [0.5, 0.6) is 17.2 Å². The molecule has 0 atom stereocenters. The Kier molecular flexibility index (Phi) is 4.62. The third-order valence-electron chi connectivity index (χ3n) is 4.02. The molecular weight excluding hydrogens is 352 g/mol. The van der Waals surface area contributed by atoms with Crippen molar-refractivity contribution in [3.8, 4) is 17.2 Å². The molecule has 0 spiro atoms. The van der Waals surface area contributed by atoms with E-state index < -0.39 is 0 Å². The van der Waals surface area contributed by atoms with E-state index in [0.717, 1.165) is 27.5 Å². The topological polar surface area (TPSA) is 62.1 Å². The van der Waals surface area contributed by atoms with E-state index in [4.69, 9.17) is 14.2 Å². The summed E-state index contributed by atoms with van der Waals surface area (Å²) in [6.45, 7) is 1.40. The molecule has 4 rings (SSSR count). The van der Waals surface area contributed by atoms with Crippen LogP contribution in [0.3, 0.4) is 0 Å². The molecule has 26 heavy (non-hydrogen) atoms. The zero-order valence-corrected chi connectivity index (χ0v) is 15.1. The van der Waals surface area contributed by atoms with Crippen molar-refractivity contribution in [2.75, 3.05) is 19.8 Å². The highest BCUT2D eigenvalue weighted by Gasteiger charge is 2.15. The number of fused-ring (bicyclic) bond motifs is 2. The van der Waals surface area contributed by atoms with Crippen molar-refractivity contribution in [1.29, 1.82) is 0 Å². The second-order valence-electron chi connectivity index (χ2n) is 5.82. The standard InChI is InChI=1S/C19H18N2O4S/c1-21-14-11-15-16(25-10-9-24-15)12-17(14)26-19(21)20-18(22)7-8-23-13-5-3-2-4-6-13/h2-6,11-12H,7-10H2,1H3. The van der Waals surface area contributed by atoms with E-state index in [1.165, 1.54) is 11.3 Å². The van der Waals surface area contributed by atoms with Crippen LogP contribution in [0.2, 0.25) is 0 Å². The lowest BCUT2D eigenvalue weighted by molar-refractivity contribution is -0.118. The number of amides is 1. The van der Waals surface area contributed by atoms with E-state index in [-0.39, 0.29) is 12.3 Å². The van der Waals surface area contributed by atoms with Gasteiger partial charge in [0.1, 0.15) is 19.0 Å². The Morgan fingerprint density at radius 1 is 1.19 bits per heavy atom. The van der Waals surface area contributed by atoms with E-state index in [2.05, 4.69) is 4.99 Å². The second kappa shape index (κ2) is 7.21. The number of hydrogen-bond acceptors (Lipinski definition) is 5. The third-order valence-corrected chi connectivity index (χ3v) is 5.12. The predicted molar refractivity (Wildman–Crippen MR) is 98.9 cm³/mol. The van der Waals surface area contributed by atoms with E-state index in [1.807, 2.05) is 54.1 Å². The lowest BCUT2D eigenvalue weighted by Crippen LogP contribution is -2.16. The summed E-state index contributed by atoms with van der Waals surface area (Å²) in [5, 5.41) is 0. The predicted octanol–water partition coefficient (Wildman–Crippen LogP) is 2.91. The van der Waals surface area contributed by atoms with Crippen LogP contribution in [0.1, 0.15) is 6.42 Å². The maximum absolute atomic E-state index is 12.2. The van der Waals surface area contributed by atoms with Gasteiger partial charge in [-0.2, -0.15) is 4.99 Å². The zero-order valence-electron chi connectivity index (χ0n) is 14.3. The van der Waals surface area contributed by atoms with Gasteiger partial charge in [-0.05, 0) is 12.1 Å². The molecule has 134 valence electrons. The van der Waals surface area contributed by atoms with Crippen LogP contribution in [-0.4, -0.2) is 30.3 Å². The smallest absolute Gasteiger partial charge is 0.251 e. The van der Waals surface area contributed by atoms with Crippen molar-refractivity contribution in [1.82, 2.24) is 4.57 Å². The number of benzene rings is 2. The number of hydrogen-bond donors (Lipinski definition) is 0. The molecule has 0 bridgehead atoms. The Labute approximate surface area is 154 Å². The maximum Gasteiger partial charge on any atom is 0.251 e. The van der Waals surface area contributed by atoms with Gasteiger partial charge in [-0.3, -0.25) is 4.79 Å². The first-order valence-corrected chi connectivity index (χ1v) is 9.17. The molecule has 1 aromatic heterocycles. The molecule has 0 saturated heterocycles. The molecule has 6 nitrogen and oxygen atoms in total. The molecule has 7 heteroatoms. The number of para-hydroxylation sites is 1. The van der Waals surface area contributed by atoms with Gasteiger partial charge >= 0.3 is 0 Å². The van der Waals surface area contributed by atoms with Gasteiger partial charge in [-0.25, -0.2) is 0 Å². The summed E-state index contributed by atoms with van der Waals surface area (Å²) in [7, 11) is 1.89. The molecule has 1 aliphatic rings. The number of aromatic nitrogens is 1. The minimum Gasteiger partial charge on any atom is -0.493 e. The van der Waals surface area contributed by atoms with Gasteiger partial charge in [0.05, 0.1) is 23.2 Å². The fourth-order valence-electron chi connectivity index (χ4n) is 2.71. The fourth-order valence-corrected chi connectivity index (χ4v) is 3.75. The molecule has 0 N–H and O–H groups in total. The number of nitrogens with zero attached hydrogens (tertiary/aromatic N) is 2. The summed E-state index contributed by atoms with van der Waals surface area (Å²) in [5.41, 5.74) is 0.964. The monoisotopic (exact) mass is 370 g/mol. The number of thiazole rings is 1. The molecule has 1 amide bonds. The van der Waals surface area contributed by atoms with Gasteiger partial charge in [-0.15, -0.1) is 0 Å². The molecule has 2 heterocycles. The number of ether oxygens (including phenoxy) is 3. The van der Waals surface area contributed by atoms with Crippen LogP contribution in [0.4, 0.5) is 0 Å². The molecule has 1 aliphatic heterocycles. The fraction of sp³-hybridized carbons (Fsp3) is 0.263. The first-order chi connectivity index (χ1) is 12.7. The number of carbonyl (C=O) groups is 1. The van der Waals surface area contributed by atoms with Crippen LogP contribution in [0.15, 0.2) is 47.5 Å². The Bertz CT molecular complexity index is 1010. The first-order valence-electron chi connectivity index (χ1n) is 8.35. The van der Waals surface area contributed by atoms with Gasteiger partial charge in [0.25, 0.3) is 5.91 Å². The molecule has 0 radical (unpaired) electrons. The Hall–Kier alpha value is -2.80. The summed E-state index contributed by atoms with van der Waals surface area (Å²) in [6, 6.07) is 13.3. The van der Waals surface area contributed by atoms with E-state index in [1.54, 1.807) is 0 Å². The largest absolute Gasteiger partial charge is 0.493 e. The van der Waals surface area contributed by atoms with Gasteiger partial charge < -0.3 is 18.8 Å². The molecular formula is C19H18N2O4S. The second-order valence-corrected chi connectivity index (χ2v) is 6.83. The highest BCUT2D eigenvalue weighted by Crippen LogP contribution is 2.35. The number of rotatable bonds is 4. The highest BCUT2D eigenvalue weighted by molar-refractivity contribution is 7.16. The Morgan fingerprint density at radius 2 is 1.92 bits per heavy atom. The van der Waals surface area contributed by atoms with Crippen molar-refractivity contribution in [3.05, 3.63) is 47.3 Å². The van der Waals surface area contributed by atoms with Crippen molar-refractivity contribution < 1.29 is 19.0 Å². The van der Waals surface area contributed by atoms with Crippen LogP contribution in [-0.2, 0) is 11.8 Å². The molecule has 0 saturated carbocycles. The van der Waals surface area contributed by atoms with Gasteiger partial charge in [0.2, 0.25) is 0 Å². The number of carbonyl (C=O) groups excluding carboxylic acids is 1. The molecule has 3 aromatic rings. The van der Waals surface area contributed by atoms with E-state index >= 15 is 0 Å². The summed E-state index contributed by atoms with van der Waals surface area (Å²) in [4.78, 5) is 17.1. The summed E-state index contributed by atoms with van der Waals surface area (Å²) in [5.74, 6) is 2.00. The average Bonchev–Trinajstić information content (AvgIpc) is 2.95. The normalized spacial score (nSPS) is 13.8. The summed E-state index contributed by atoms with van der Waals surface area (Å²) >= 11 is 1.45. The Morgan fingerprint density at radius 3 is 2.69 bits per heavy atom. The Balaban J connectivity index is 1.51. The molecule has 0 unspecified atom stereocenters. The maximum atomic E-state index is 12.2. The van der Waals surface area contributed by atoms with Crippen LogP contribution in [0.25, 0.3) is 10.2 Å². The average molecular weight is 370 g/mol. The number of aryl methyl sites for hydroxylation is 1. The third kappa shape index (κ3) is 3.43. The first kappa shape index (κ1) is 16.7. The SMILES string of the molecule is Cn1c(=NC(=O)CCOc2ccccc2)sc2cc3c(cc21)OCCO3. The van der Waals surface area contributed by atoms with Crippen LogP contribution < -0.4 is 19.0 Å². The van der Waals surface area contributed by atoms with Crippen molar-refractivity contribution >= 4 is 27.5 Å². The van der Waals surface area contributed by atoms with Crippen LogP contribution >= 0.6 is 11.3 Å². The quantitative estimate of drug-likeness (QED) is 0.708. The van der Waals surface area contributed by atoms with E-state index in [0.29, 0.717) is 24.6 Å². The summed E-state index contributed by atoms with van der Waals surface area (Å²) < 4.78 is 19.7.